The van der Waals surface area contributed by atoms with Gasteiger partial charge in [-0.25, -0.2) is 4.99 Å². The van der Waals surface area contributed by atoms with Crippen LogP contribution in [0.4, 0.5) is 5.69 Å². The van der Waals surface area contributed by atoms with E-state index in [1.165, 1.54) is 0 Å². The van der Waals surface area contributed by atoms with E-state index >= 15 is 0 Å². The van der Waals surface area contributed by atoms with Crippen molar-refractivity contribution in [1.82, 2.24) is 5.43 Å². The van der Waals surface area contributed by atoms with Crippen LogP contribution in [0.2, 0.25) is 0 Å². The SMILES string of the molecule is c1ccc(SC2=NNC(c3ccccc3)=Nc3ccccc32)cc1. The Morgan fingerprint density at radius 2 is 1.38 bits per heavy atom. The van der Waals surface area contributed by atoms with E-state index in [-0.39, 0.29) is 0 Å². The molecule has 0 fully saturated rings. The number of para-hydroxylation sites is 1. The van der Waals surface area contributed by atoms with Crippen LogP contribution in [-0.2, 0) is 0 Å². The summed E-state index contributed by atoms with van der Waals surface area (Å²) >= 11 is 1.63. The van der Waals surface area contributed by atoms with Crippen LogP contribution in [0.25, 0.3) is 0 Å². The number of amidine groups is 1. The van der Waals surface area contributed by atoms with Crippen molar-refractivity contribution in [3.8, 4) is 0 Å². The molecule has 0 saturated heterocycles. The topological polar surface area (TPSA) is 36.8 Å². The van der Waals surface area contributed by atoms with Crippen LogP contribution >= 0.6 is 11.8 Å². The number of hydrogen-bond donors (Lipinski definition) is 1. The first-order chi connectivity index (χ1) is 11.9. The standard InChI is InChI=1S/C20H15N3S/c1-3-9-15(10-4-1)19-21-18-14-8-7-13-17(18)20(23-22-19)24-16-11-5-2-6-12-16/h1-14H,(H,21,22). The molecular weight excluding hydrogens is 314 g/mol. The normalized spacial score (nSPS) is 13.2. The van der Waals surface area contributed by atoms with Crippen molar-refractivity contribution in [3.05, 3.63) is 96.1 Å². The third kappa shape index (κ3) is 3.09. The smallest absolute Gasteiger partial charge is 0.154 e. The first kappa shape index (κ1) is 14.7. The predicted octanol–water partition coefficient (Wildman–Crippen LogP) is 4.82. The summed E-state index contributed by atoms with van der Waals surface area (Å²) in [6.07, 6.45) is 0. The van der Waals surface area contributed by atoms with E-state index < -0.39 is 0 Å². The molecule has 0 atom stereocenters. The van der Waals surface area contributed by atoms with Gasteiger partial charge in [-0.3, -0.25) is 5.43 Å². The summed E-state index contributed by atoms with van der Waals surface area (Å²) in [5, 5.41) is 5.53. The molecule has 24 heavy (non-hydrogen) atoms. The fourth-order valence-electron chi connectivity index (χ4n) is 2.46. The number of nitrogens with zero attached hydrogens (tertiary/aromatic N) is 2. The summed E-state index contributed by atoms with van der Waals surface area (Å²) in [6, 6.07) is 28.4. The lowest BCUT2D eigenvalue weighted by Crippen LogP contribution is -2.18. The summed E-state index contributed by atoms with van der Waals surface area (Å²) in [7, 11) is 0. The zero-order valence-electron chi connectivity index (χ0n) is 12.9. The van der Waals surface area contributed by atoms with Gasteiger partial charge >= 0.3 is 0 Å². The van der Waals surface area contributed by atoms with Crippen LogP contribution in [0, 0.1) is 0 Å². The summed E-state index contributed by atoms with van der Waals surface area (Å²) in [5.74, 6) is 0.756. The van der Waals surface area contributed by atoms with Crippen molar-refractivity contribution in [2.45, 2.75) is 4.90 Å². The monoisotopic (exact) mass is 329 g/mol. The highest BCUT2D eigenvalue weighted by molar-refractivity contribution is 8.14. The van der Waals surface area contributed by atoms with Gasteiger partial charge in [0.25, 0.3) is 0 Å². The number of aliphatic imine (C=N–C) groups is 1. The van der Waals surface area contributed by atoms with Gasteiger partial charge in [0, 0.05) is 16.0 Å². The van der Waals surface area contributed by atoms with E-state index in [1.54, 1.807) is 11.8 Å². The van der Waals surface area contributed by atoms with Gasteiger partial charge in [0.15, 0.2) is 5.84 Å². The number of fused-ring (bicyclic) bond motifs is 1. The fourth-order valence-corrected chi connectivity index (χ4v) is 3.35. The third-order valence-electron chi connectivity index (χ3n) is 3.64. The summed E-state index contributed by atoms with van der Waals surface area (Å²) in [5.41, 5.74) is 6.10. The maximum atomic E-state index is 4.78. The molecular formula is C20H15N3S. The molecule has 0 aromatic heterocycles. The van der Waals surface area contributed by atoms with Crippen LogP contribution < -0.4 is 5.43 Å². The summed E-state index contributed by atoms with van der Waals surface area (Å²) in [6.45, 7) is 0. The van der Waals surface area contributed by atoms with E-state index in [0.717, 1.165) is 32.6 Å². The summed E-state index contributed by atoms with van der Waals surface area (Å²) in [4.78, 5) is 5.93. The molecule has 0 aliphatic carbocycles. The zero-order valence-corrected chi connectivity index (χ0v) is 13.7. The van der Waals surface area contributed by atoms with Gasteiger partial charge in [-0.1, -0.05) is 78.5 Å². The van der Waals surface area contributed by atoms with Crippen molar-refractivity contribution in [3.63, 3.8) is 0 Å². The molecule has 4 heteroatoms. The Labute approximate surface area is 145 Å². The number of hydrazone groups is 1. The van der Waals surface area contributed by atoms with Gasteiger partial charge in [0.05, 0.1) is 5.69 Å². The lowest BCUT2D eigenvalue weighted by Gasteiger charge is -2.06. The lowest BCUT2D eigenvalue weighted by atomic mass is 10.2. The van der Waals surface area contributed by atoms with Gasteiger partial charge in [-0.15, -0.1) is 0 Å². The van der Waals surface area contributed by atoms with Gasteiger partial charge < -0.3 is 0 Å². The largest absolute Gasteiger partial charge is 0.260 e. The Kier molecular flexibility index (Phi) is 4.13. The minimum absolute atomic E-state index is 0.756. The Balaban J connectivity index is 1.75. The second-order valence-corrected chi connectivity index (χ2v) is 6.35. The number of benzene rings is 3. The molecule has 3 nitrogen and oxygen atoms in total. The molecule has 3 aromatic rings. The first-order valence-corrected chi connectivity index (χ1v) is 8.52. The van der Waals surface area contributed by atoms with Crippen LogP contribution in [-0.4, -0.2) is 10.9 Å². The fraction of sp³-hybridized carbons (Fsp3) is 0. The predicted molar refractivity (Wildman–Crippen MR) is 101 cm³/mol. The van der Waals surface area contributed by atoms with Crippen molar-refractivity contribution in [1.29, 1.82) is 0 Å². The van der Waals surface area contributed by atoms with E-state index in [4.69, 9.17) is 4.99 Å². The van der Waals surface area contributed by atoms with Gasteiger partial charge in [0.2, 0.25) is 0 Å². The van der Waals surface area contributed by atoms with Crippen molar-refractivity contribution < 1.29 is 0 Å². The minimum atomic E-state index is 0.756. The maximum absolute atomic E-state index is 4.78. The lowest BCUT2D eigenvalue weighted by molar-refractivity contribution is 1.04. The molecule has 1 N–H and O–H groups in total. The molecule has 0 amide bonds. The number of thioether (sulfide) groups is 1. The van der Waals surface area contributed by atoms with Crippen molar-refractivity contribution in [2.75, 3.05) is 0 Å². The average molecular weight is 329 g/mol. The molecule has 3 aromatic carbocycles. The van der Waals surface area contributed by atoms with E-state index in [1.807, 2.05) is 66.7 Å². The Hall–Kier alpha value is -2.85. The second kappa shape index (κ2) is 6.72. The molecule has 0 unspecified atom stereocenters. The third-order valence-corrected chi connectivity index (χ3v) is 4.65. The molecule has 0 spiro atoms. The van der Waals surface area contributed by atoms with Crippen molar-refractivity contribution in [2.24, 2.45) is 10.1 Å². The van der Waals surface area contributed by atoms with Gasteiger partial charge in [-0.2, -0.15) is 5.10 Å². The van der Waals surface area contributed by atoms with Crippen LogP contribution in [0.1, 0.15) is 11.1 Å². The second-order valence-electron chi connectivity index (χ2n) is 5.29. The Morgan fingerprint density at radius 1 is 0.708 bits per heavy atom. The van der Waals surface area contributed by atoms with Crippen LogP contribution in [0.5, 0.6) is 0 Å². The molecule has 0 bridgehead atoms. The highest BCUT2D eigenvalue weighted by atomic mass is 32.2. The Bertz CT molecular complexity index is 902. The van der Waals surface area contributed by atoms with E-state index in [2.05, 4.69) is 28.7 Å². The molecule has 116 valence electrons. The Morgan fingerprint density at radius 3 is 2.17 bits per heavy atom. The number of rotatable bonds is 2. The van der Waals surface area contributed by atoms with Crippen LogP contribution in [0.15, 0.2) is 99.9 Å². The van der Waals surface area contributed by atoms with Crippen molar-refractivity contribution >= 4 is 28.3 Å². The molecule has 0 radical (unpaired) electrons. The maximum Gasteiger partial charge on any atom is 0.154 e. The minimum Gasteiger partial charge on any atom is -0.260 e. The zero-order chi connectivity index (χ0) is 16.2. The number of hydrogen-bond acceptors (Lipinski definition) is 4. The summed E-state index contributed by atoms with van der Waals surface area (Å²) < 4.78 is 0. The highest BCUT2D eigenvalue weighted by Crippen LogP contribution is 2.30. The van der Waals surface area contributed by atoms with Gasteiger partial charge in [-0.05, 0) is 18.2 Å². The molecule has 4 rings (SSSR count). The molecule has 0 saturated carbocycles. The molecule has 1 aliphatic heterocycles. The molecule has 1 heterocycles. The van der Waals surface area contributed by atoms with Crippen LogP contribution in [0.3, 0.4) is 0 Å². The average Bonchev–Trinajstić information content (AvgIpc) is 2.83. The quantitative estimate of drug-likeness (QED) is 0.731. The number of nitrogens with one attached hydrogen (secondary N) is 1. The van der Waals surface area contributed by atoms with Gasteiger partial charge in [0.1, 0.15) is 5.04 Å². The highest BCUT2D eigenvalue weighted by Gasteiger charge is 2.16. The molecule has 1 aliphatic rings. The van der Waals surface area contributed by atoms with E-state index in [9.17, 15) is 0 Å². The van der Waals surface area contributed by atoms with E-state index in [0.29, 0.717) is 0 Å². The first-order valence-electron chi connectivity index (χ1n) is 7.70.